The molecule has 0 radical (unpaired) electrons. The van der Waals surface area contributed by atoms with E-state index < -0.39 is 56.9 Å². The lowest BCUT2D eigenvalue weighted by molar-refractivity contribution is -0.0691. The Morgan fingerprint density at radius 2 is 1.57 bits per heavy atom. The molecule has 4 rings (SSSR count). The summed E-state index contributed by atoms with van der Waals surface area (Å²) in [6.45, 7) is 1.46. The number of rotatable bonds is 29. The summed E-state index contributed by atoms with van der Waals surface area (Å²) < 4.78 is 56.4. The average Bonchev–Trinajstić information content (AvgIpc) is 3.74. The second kappa shape index (κ2) is 24.0. The summed E-state index contributed by atoms with van der Waals surface area (Å²) in [7, 11) is -4.79. The molecule has 1 unspecified atom stereocenters. The topological polar surface area (TPSA) is 204 Å². The number of nitrogen functional groups attached to an aromatic ring is 1. The van der Waals surface area contributed by atoms with Gasteiger partial charge in [0.25, 0.3) is 0 Å². The van der Waals surface area contributed by atoms with Crippen LogP contribution in [-0.4, -0.2) is 80.5 Å². The van der Waals surface area contributed by atoms with Gasteiger partial charge < -0.3 is 35.1 Å². The van der Waals surface area contributed by atoms with Crippen molar-refractivity contribution in [1.82, 2.24) is 14.6 Å². The van der Waals surface area contributed by atoms with Gasteiger partial charge in [-0.1, -0.05) is 121 Å². The third-order valence-electron chi connectivity index (χ3n) is 10.2. The number of aliphatic hydroxyl groups excluding tert-OH is 2. The van der Waals surface area contributed by atoms with Crippen molar-refractivity contribution in [1.29, 1.82) is 5.26 Å². The van der Waals surface area contributed by atoms with Gasteiger partial charge in [0.2, 0.25) is 5.60 Å². The predicted octanol–water partition coefficient (Wildman–Crippen LogP) is 7.29. The molecular weight excluding hydrogens is 744 g/mol. The molecule has 0 amide bonds. The number of nitrogens with two attached hydrogens (primary N) is 1. The third kappa shape index (κ3) is 13.8. The van der Waals surface area contributed by atoms with Crippen LogP contribution >= 0.6 is 7.82 Å². The van der Waals surface area contributed by atoms with Crippen molar-refractivity contribution in [2.45, 2.75) is 146 Å². The van der Waals surface area contributed by atoms with Gasteiger partial charge >= 0.3 is 7.82 Å². The number of benzene rings is 1. The Bertz CT molecular complexity index is 1680. The van der Waals surface area contributed by atoms with Crippen LogP contribution in [0.4, 0.5) is 10.2 Å². The van der Waals surface area contributed by atoms with Gasteiger partial charge in [-0.05, 0) is 24.6 Å². The SMILES string of the molecule is CCCCCCCCCCCCCCCCCCOC[C@H](COP(=O)(O)OC[C@H]1O[C@@](C#N)(c2ccc3c(N)ncnn23)[C@H](O)[C@@H]1O)OCc1ccccc1F. The van der Waals surface area contributed by atoms with E-state index in [1.54, 1.807) is 18.2 Å². The molecule has 56 heavy (non-hydrogen) atoms. The summed E-state index contributed by atoms with van der Waals surface area (Å²) >= 11 is 0. The normalized spacial score (nSPS) is 21.3. The Morgan fingerprint density at radius 1 is 0.946 bits per heavy atom. The molecule has 14 nitrogen and oxygen atoms in total. The second-order valence-electron chi connectivity index (χ2n) is 14.6. The van der Waals surface area contributed by atoms with Crippen molar-refractivity contribution in [2.24, 2.45) is 0 Å². The Kier molecular flexibility index (Phi) is 19.6. The Morgan fingerprint density at radius 3 is 2.20 bits per heavy atom. The zero-order valence-corrected chi connectivity index (χ0v) is 33.6. The fourth-order valence-corrected chi connectivity index (χ4v) is 7.63. The lowest BCUT2D eigenvalue weighted by Crippen LogP contribution is -2.41. The number of fused-ring (bicyclic) bond motifs is 1. The number of halogens is 1. The first-order valence-corrected chi connectivity index (χ1v) is 21.7. The van der Waals surface area contributed by atoms with E-state index in [1.165, 1.54) is 106 Å². The van der Waals surface area contributed by atoms with Gasteiger partial charge in [-0.25, -0.2) is 18.5 Å². The highest BCUT2D eigenvalue weighted by Gasteiger charge is 2.58. The Hall–Kier alpha value is -3.03. The monoisotopic (exact) mass is 805 g/mol. The molecule has 0 aliphatic carbocycles. The van der Waals surface area contributed by atoms with E-state index in [9.17, 15) is 29.3 Å². The number of hydrogen-bond donors (Lipinski definition) is 4. The fraction of sp³-hybridized carbons (Fsp3) is 0.675. The molecule has 1 aliphatic rings. The number of phosphoric acid groups is 1. The summed E-state index contributed by atoms with van der Waals surface area (Å²) in [5.74, 6) is -0.334. The molecule has 2 aromatic heterocycles. The second-order valence-corrected chi connectivity index (χ2v) is 16.0. The van der Waals surface area contributed by atoms with Crippen LogP contribution < -0.4 is 5.73 Å². The molecule has 0 saturated carbocycles. The van der Waals surface area contributed by atoms with E-state index in [-0.39, 0.29) is 24.7 Å². The first-order chi connectivity index (χ1) is 27.1. The highest BCUT2D eigenvalue weighted by atomic mass is 31.2. The highest BCUT2D eigenvalue weighted by Crippen LogP contribution is 2.46. The smallest absolute Gasteiger partial charge is 0.387 e. The molecule has 1 fully saturated rings. The number of anilines is 1. The maximum atomic E-state index is 14.3. The minimum atomic E-state index is -4.79. The first-order valence-electron chi connectivity index (χ1n) is 20.2. The number of phosphoric ester groups is 1. The van der Waals surface area contributed by atoms with Gasteiger partial charge in [-0.2, -0.15) is 10.4 Å². The number of nitrogens with zero attached hydrogens (tertiary/aromatic N) is 4. The van der Waals surface area contributed by atoms with Crippen molar-refractivity contribution in [3.8, 4) is 6.07 Å². The summed E-state index contributed by atoms with van der Waals surface area (Å²) in [4.78, 5) is 14.4. The largest absolute Gasteiger partial charge is 0.472 e. The zero-order valence-electron chi connectivity index (χ0n) is 32.7. The number of unbranched alkanes of at least 4 members (excludes halogenated alkanes) is 15. The third-order valence-corrected chi connectivity index (χ3v) is 11.1. The van der Waals surface area contributed by atoms with Crippen LogP contribution in [0.1, 0.15) is 121 Å². The summed E-state index contributed by atoms with van der Waals surface area (Å²) in [6, 6.07) is 11.0. The summed E-state index contributed by atoms with van der Waals surface area (Å²) in [6.07, 6.45) is 15.7. The van der Waals surface area contributed by atoms with Crippen LogP contribution in [0.25, 0.3) is 5.52 Å². The molecule has 312 valence electrons. The van der Waals surface area contributed by atoms with Crippen molar-refractivity contribution in [3.63, 3.8) is 0 Å². The molecule has 1 aromatic carbocycles. The summed E-state index contributed by atoms with van der Waals surface area (Å²) in [5, 5.41) is 35.9. The van der Waals surface area contributed by atoms with Crippen molar-refractivity contribution in [3.05, 3.63) is 59.8 Å². The van der Waals surface area contributed by atoms with Crippen LogP contribution in [0.15, 0.2) is 42.7 Å². The van der Waals surface area contributed by atoms with Gasteiger partial charge in [0.1, 0.15) is 48.1 Å². The van der Waals surface area contributed by atoms with Crippen LogP contribution in [0, 0.1) is 17.1 Å². The summed E-state index contributed by atoms with van der Waals surface area (Å²) in [5.41, 5.74) is 4.50. The van der Waals surface area contributed by atoms with Crippen LogP contribution in [0.5, 0.6) is 0 Å². The van der Waals surface area contributed by atoms with Gasteiger partial charge in [-0.15, -0.1) is 0 Å². The molecule has 0 bridgehead atoms. The molecule has 1 saturated heterocycles. The maximum absolute atomic E-state index is 14.3. The molecule has 5 N–H and O–H groups in total. The number of ether oxygens (including phenoxy) is 3. The quantitative estimate of drug-likeness (QED) is 0.0403. The van der Waals surface area contributed by atoms with Gasteiger partial charge in [0.05, 0.1) is 32.1 Å². The highest BCUT2D eigenvalue weighted by molar-refractivity contribution is 7.47. The van der Waals surface area contributed by atoms with E-state index in [0.717, 1.165) is 25.6 Å². The number of aliphatic hydroxyl groups is 2. The van der Waals surface area contributed by atoms with Crippen LogP contribution in [-0.2, 0) is 40.0 Å². The van der Waals surface area contributed by atoms with E-state index in [0.29, 0.717) is 17.7 Å². The molecular formula is C40H61FN5O9P. The lowest BCUT2D eigenvalue weighted by Gasteiger charge is -2.24. The molecule has 16 heteroatoms. The standard InChI is InChI=1S/C40H61FN5O9P/c1-2-3-4-5-6-7-8-9-10-11-12-13-14-15-16-19-24-51-26-32(52-25-31-20-17-18-21-33(31)41)27-53-56(49,50)54-28-35-37(47)38(48)40(29-42,55-35)36-23-22-34-39(43)44-30-45-46(34)36/h17-18,20-23,30,32,35,37-38,47-48H,2-16,19,24-28H2,1H3,(H,49,50)(H2,43,44,45)/t32-,35-,37-,38-,40+/m1/s1. The molecule has 0 spiro atoms. The Balaban J connectivity index is 1.17. The van der Waals surface area contributed by atoms with Gasteiger partial charge in [-0.3, -0.25) is 9.05 Å². The lowest BCUT2D eigenvalue weighted by atomic mass is 9.92. The molecule has 1 aliphatic heterocycles. The predicted molar refractivity (Wildman–Crippen MR) is 209 cm³/mol. The first kappa shape index (κ1) is 45.7. The molecule has 6 atom stereocenters. The van der Waals surface area contributed by atoms with E-state index in [2.05, 4.69) is 17.0 Å². The fourth-order valence-electron chi connectivity index (χ4n) is 6.87. The van der Waals surface area contributed by atoms with Crippen LogP contribution in [0.3, 0.4) is 0 Å². The van der Waals surface area contributed by atoms with E-state index in [4.69, 9.17) is 29.0 Å². The minimum absolute atomic E-state index is 0.0217. The molecule has 3 heterocycles. The van der Waals surface area contributed by atoms with E-state index in [1.807, 2.05) is 6.07 Å². The Labute approximate surface area is 330 Å². The van der Waals surface area contributed by atoms with Crippen molar-refractivity contribution < 1.29 is 47.3 Å². The number of hydrogen-bond acceptors (Lipinski definition) is 12. The number of nitriles is 1. The number of aromatic nitrogens is 3. The maximum Gasteiger partial charge on any atom is 0.472 e. The molecule has 3 aromatic rings. The zero-order chi connectivity index (χ0) is 40.2. The van der Waals surface area contributed by atoms with Crippen LogP contribution in [0.2, 0.25) is 0 Å². The van der Waals surface area contributed by atoms with Gasteiger partial charge in [0, 0.05) is 12.2 Å². The van der Waals surface area contributed by atoms with Crippen molar-refractivity contribution in [2.75, 3.05) is 32.2 Å². The van der Waals surface area contributed by atoms with Crippen molar-refractivity contribution >= 4 is 19.2 Å². The van der Waals surface area contributed by atoms with Gasteiger partial charge in [0.15, 0.2) is 5.82 Å². The van der Waals surface area contributed by atoms with E-state index >= 15 is 0 Å². The minimum Gasteiger partial charge on any atom is -0.387 e. The average molecular weight is 806 g/mol.